The quantitative estimate of drug-likeness (QED) is 0.676. The minimum absolute atomic E-state index is 0.383. The first-order chi connectivity index (χ1) is 13.2. The van der Waals surface area contributed by atoms with Gasteiger partial charge in [0.1, 0.15) is 5.82 Å². The summed E-state index contributed by atoms with van der Waals surface area (Å²) in [7, 11) is 0. The third kappa shape index (κ3) is 4.37. The second-order valence-corrected chi connectivity index (χ2v) is 9.17. The number of pyridine rings is 1. The maximum absolute atomic E-state index is 4.68. The smallest absolute Gasteiger partial charge is 0.191 e. The molecule has 2 fully saturated rings. The molecule has 0 spiro atoms. The second kappa shape index (κ2) is 8.74. The van der Waals surface area contributed by atoms with Gasteiger partial charge in [0.15, 0.2) is 5.16 Å². The highest BCUT2D eigenvalue weighted by molar-refractivity contribution is 7.98. The Kier molecular flexibility index (Phi) is 6.13. The van der Waals surface area contributed by atoms with E-state index < -0.39 is 0 Å². The highest BCUT2D eigenvalue weighted by atomic mass is 32.2. The molecule has 0 amide bonds. The summed E-state index contributed by atoms with van der Waals surface area (Å²) in [5.41, 5.74) is 1.23. The minimum Gasteiger partial charge on any atom is -0.303 e. The van der Waals surface area contributed by atoms with Gasteiger partial charge in [0.25, 0.3) is 0 Å². The van der Waals surface area contributed by atoms with E-state index in [1.54, 1.807) is 11.8 Å². The monoisotopic (exact) mass is 385 g/mol. The van der Waals surface area contributed by atoms with E-state index in [-0.39, 0.29) is 0 Å². The number of nitrogens with zero attached hydrogens (tertiary/aromatic N) is 5. The molecule has 3 heterocycles. The van der Waals surface area contributed by atoms with E-state index in [0.717, 1.165) is 23.5 Å². The van der Waals surface area contributed by atoms with Crippen LogP contribution in [0, 0.1) is 0 Å². The van der Waals surface area contributed by atoms with Crippen LogP contribution in [0.5, 0.6) is 0 Å². The van der Waals surface area contributed by atoms with Crippen molar-refractivity contribution in [2.45, 2.75) is 81.3 Å². The molecule has 2 aromatic rings. The van der Waals surface area contributed by atoms with E-state index in [1.807, 2.05) is 18.5 Å². The van der Waals surface area contributed by atoms with Crippen molar-refractivity contribution in [1.29, 1.82) is 0 Å². The molecule has 5 nitrogen and oxygen atoms in total. The van der Waals surface area contributed by atoms with Crippen LogP contribution in [0.4, 0.5) is 0 Å². The first kappa shape index (κ1) is 18.9. The predicted octanol–water partition coefficient (Wildman–Crippen LogP) is 4.67. The third-order valence-corrected chi connectivity index (χ3v) is 6.97. The van der Waals surface area contributed by atoms with Gasteiger partial charge in [0.2, 0.25) is 0 Å². The zero-order valence-corrected chi connectivity index (χ0v) is 17.4. The molecule has 2 aromatic heterocycles. The third-order valence-electron chi connectivity index (χ3n) is 5.96. The van der Waals surface area contributed by atoms with Gasteiger partial charge >= 0.3 is 0 Å². The Hall–Kier alpha value is -1.40. The lowest BCUT2D eigenvalue weighted by Crippen LogP contribution is -2.41. The Balaban J connectivity index is 1.49. The van der Waals surface area contributed by atoms with Gasteiger partial charge in [-0.1, -0.05) is 30.7 Å². The van der Waals surface area contributed by atoms with Crippen LogP contribution in [0.1, 0.15) is 75.7 Å². The molecule has 146 valence electrons. The first-order valence-corrected chi connectivity index (χ1v) is 11.4. The van der Waals surface area contributed by atoms with E-state index >= 15 is 0 Å². The molecule has 1 atom stereocenters. The summed E-state index contributed by atoms with van der Waals surface area (Å²) in [4.78, 5) is 6.96. The Morgan fingerprint density at radius 1 is 1.15 bits per heavy atom. The van der Waals surface area contributed by atoms with Gasteiger partial charge in [-0.2, -0.15) is 0 Å². The zero-order valence-electron chi connectivity index (χ0n) is 16.5. The van der Waals surface area contributed by atoms with Crippen molar-refractivity contribution in [3.63, 3.8) is 0 Å². The Bertz CT molecular complexity index is 723. The van der Waals surface area contributed by atoms with Gasteiger partial charge in [-0.15, -0.1) is 10.2 Å². The first-order valence-electron chi connectivity index (χ1n) is 10.4. The number of aromatic nitrogens is 4. The van der Waals surface area contributed by atoms with Crippen molar-refractivity contribution in [1.82, 2.24) is 24.6 Å². The second-order valence-electron chi connectivity index (χ2n) is 8.23. The number of piperidine rings is 1. The minimum atomic E-state index is 0.383. The molecule has 0 aromatic carbocycles. The summed E-state index contributed by atoms with van der Waals surface area (Å²) in [5, 5.41) is 10.3. The summed E-state index contributed by atoms with van der Waals surface area (Å²) in [6.07, 6.45) is 11.9. The van der Waals surface area contributed by atoms with E-state index in [2.05, 4.69) is 44.6 Å². The average molecular weight is 386 g/mol. The fraction of sp³-hybridized carbons (Fsp3) is 0.667. The molecule has 1 saturated heterocycles. The summed E-state index contributed by atoms with van der Waals surface area (Å²) >= 11 is 1.78. The lowest BCUT2D eigenvalue weighted by atomic mass is 9.95. The fourth-order valence-corrected chi connectivity index (χ4v) is 5.61. The largest absolute Gasteiger partial charge is 0.303 e. The molecule has 6 heteroatoms. The Labute approximate surface area is 167 Å². The van der Waals surface area contributed by atoms with Gasteiger partial charge in [-0.3, -0.25) is 9.88 Å². The predicted molar refractivity (Wildman–Crippen MR) is 110 cm³/mol. The van der Waals surface area contributed by atoms with Crippen LogP contribution >= 0.6 is 11.8 Å². The lowest BCUT2D eigenvalue weighted by Gasteiger charge is -2.36. The number of hydrogen-bond acceptors (Lipinski definition) is 5. The molecule has 4 rings (SSSR count). The van der Waals surface area contributed by atoms with Crippen molar-refractivity contribution in [3.05, 3.63) is 35.9 Å². The maximum Gasteiger partial charge on any atom is 0.191 e. The molecular weight excluding hydrogens is 354 g/mol. The summed E-state index contributed by atoms with van der Waals surface area (Å²) in [5.74, 6) is 2.60. The summed E-state index contributed by atoms with van der Waals surface area (Å²) in [6.45, 7) is 6.92. The van der Waals surface area contributed by atoms with Crippen LogP contribution in [-0.2, 0) is 5.75 Å². The van der Waals surface area contributed by atoms with Crippen LogP contribution < -0.4 is 0 Å². The SMILES string of the molecule is CC(C)n1c(SCc2cccnc2)nnc1C1CCCN(C2CCCC2)C1. The molecule has 1 unspecified atom stereocenters. The van der Waals surface area contributed by atoms with Crippen LogP contribution in [0.3, 0.4) is 0 Å². The average Bonchev–Trinajstić information content (AvgIpc) is 3.37. The fourth-order valence-electron chi connectivity index (χ4n) is 4.60. The highest BCUT2D eigenvalue weighted by Gasteiger charge is 2.31. The maximum atomic E-state index is 4.68. The molecule has 2 aliphatic rings. The van der Waals surface area contributed by atoms with Crippen molar-refractivity contribution in [2.75, 3.05) is 13.1 Å². The van der Waals surface area contributed by atoms with Gasteiger partial charge in [-0.05, 0) is 57.7 Å². The molecule has 27 heavy (non-hydrogen) atoms. The zero-order chi connectivity index (χ0) is 18.6. The van der Waals surface area contributed by atoms with Crippen LogP contribution in [0.25, 0.3) is 0 Å². The normalized spacial score (nSPS) is 22.0. The number of rotatable bonds is 6. The Morgan fingerprint density at radius 2 is 2.00 bits per heavy atom. The van der Waals surface area contributed by atoms with E-state index in [9.17, 15) is 0 Å². The molecule has 1 saturated carbocycles. The molecular formula is C21H31N5S. The lowest BCUT2D eigenvalue weighted by molar-refractivity contribution is 0.145. The van der Waals surface area contributed by atoms with Gasteiger partial charge in [-0.25, -0.2) is 0 Å². The standard InChI is InChI=1S/C21H31N5S/c1-16(2)26-20(18-8-6-12-25(14-18)19-9-3-4-10-19)23-24-21(26)27-15-17-7-5-11-22-13-17/h5,7,11,13,16,18-19H,3-4,6,8-10,12,14-15H2,1-2H3. The van der Waals surface area contributed by atoms with Gasteiger partial charge in [0, 0.05) is 42.7 Å². The molecule has 1 aliphatic heterocycles. The number of hydrogen-bond donors (Lipinski definition) is 0. The summed E-state index contributed by atoms with van der Waals surface area (Å²) < 4.78 is 2.38. The molecule has 0 bridgehead atoms. The Morgan fingerprint density at radius 3 is 2.74 bits per heavy atom. The molecule has 0 radical (unpaired) electrons. The van der Waals surface area contributed by atoms with Crippen molar-refractivity contribution in [3.8, 4) is 0 Å². The van der Waals surface area contributed by atoms with Crippen molar-refractivity contribution < 1.29 is 0 Å². The van der Waals surface area contributed by atoms with E-state index in [0.29, 0.717) is 12.0 Å². The topological polar surface area (TPSA) is 46.8 Å². The molecule has 1 aliphatic carbocycles. The van der Waals surface area contributed by atoms with E-state index in [1.165, 1.54) is 56.5 Å². The molecule has 0 N–H and O–H groups in total. The van der Waals surface area contributed by atoms with Crippen LogP contribution in [0.2, 0.25) is 0 Å². The van der Waals surface area contributed by atoms with Crippen molar-refractivity contribution in [2.24, 2.45) is 0 Å². The van der Waals surface area contributed by atoms with Crippen LogP contribution in [-0.4, -0.2) is 43.8 Å². The van der Waals surface area contributed by atoms with Crippen LogP contribution in [0.15, 0.2) is 29.7 Å². The highest BCUT2D eigenvalue weighted by Crippen LogP contribution is 2.34. The number of likely N-dealkylation sites (tertiary alicyclic amines) is 1. The van der Waals surface area contributed by atoms with Gasteiger partial charge in [0.05, 0.1) is 0 Å². The van der Waals surface area contributed by atoms with Gasteiger partial charge < -0.3 is 4.57 Å². The summed E-state index contributed by atoms with van der Waals surface area (Å²) in [6, 6.07) is 5.31. The van der Waals surface area contributed by atoms with Crippen molar-refractivity contribution >= 4 is 11.8 Å². The number of thioether (sulfide) groups is 1. The van der Waals surface area contributed by atoms with E-state index in [4.69, 9.17) is 0 Å².